The molecule has 0 amide bonds. The van der Waals surface area contributed by atoms with Gasteiger partial charge in [0.05, 0.1) is 25.1 Å². The summed E-state index contributed by atoms with van der Waals surface area (Å²) in [5, 5.41) is 19.8. The summed E-state index contributed by atoms with van der Waals surface area (Å²) in [7, 11) is 0. The van der Waals surface area contributed by atoms with Crippen LogP contribution in [0, 0.1) is 11.3 Å². The lowest BCUT2D eigenvalue weighted by molar-refractivity contribution is 0.188. The van der Waals surface area contributed by atoms with Gasteiger partial charge >= 0.3 is 0 Å². The molecule has 48 valence electrons. The molecule has 5 heteroatoms. The van der Waals surface area contributed by atoms with Gasteiger partial charge in [0.15, 0.2) is 0 Å². The molecule has 0 spiro atoms. The third-order valence-electron chi connectivity index (χ3n) is 0.683. The Kier molecular flexibility index (Phi) is 4.23. The number of nitrogens with zero attached hydrogens (tertiary/aromatic N) is 4. The van der Waals surface area contributed by atoms with Gasteiger partial charge in [-0.15, -0.1) is 0 Å². The van der Waals surface area contributed by atoms with Crippen molar-refractivity contribution in [2.45, 2.75) is 12.5 Å². The summed E-state index contributed by atoms with van der Waals surface area (Å²) < 4.78 is 0. The van der Waals surface area contributed by atoms with E-state index in [-0.39, 0.29) is 13.0 Å². The van der Waals surface area contributed by atoms with Gasteiger partial charge in [-0.1, -0.05) is 5.11 Å². The van der Waals surface area contributed by atoms with Crippen LogP contribution in [-0.2, 0) is 0 Å². The molecule has 0 fully saturated rings. The summed E-state index contributed by atoms with van der Waals surface area (Å²) in [5.74, 6) is 0. The van der Waals surface area contributed by atoms with Crippen LogP contribution >= 0.6 is 0 Å². The Hall–Kier alpha value is -1.24. The highest BCUT2D eigenvalue weighted by atomic mass is 16.3. The fourth-order valence-electron chi connectivity index (χ4n) is 0.301. The molecule has 0 heterocycles. The van der Waals surface area contributed by atoms with E-state index in [9.17, 15) is 0 Å². The van der Waals surface area contributed by atoms with Gasteiger partial charge < -0.3 is 5.11 Å². The summed E-state index contributed by atoms with van der Waals surface area (Å²) in [4.78, 5) is 2.41. The molecule has 0 aliphatic heterocycles. The van der Waals surface area contributed by atoms with Gasteiger partial charge in [0.1, 0.15) is 0 Å². The SMILES string of the molecule is N#CC[C@H](O)CN=[N+]=[N-]. The van der Waals surface area contributed by atoms with Gasteiger partial charge in [0.2, 0.25) is 0 Å². The summed E-state index contributed by atoms with van der Waals surface area (Å²) >= 11 is 0. The number of rotatable bonds is 3. The van der Waals surface area contributed by atoms with E-state index >= 15 is 0 Å². The van der Waals surface area contributed by atoms with E-state index in [1.807, 2.05) is 0 Å². The van der Waals surface area contributed by atoms with Crippen LogP contribution in [0.4, 0.5) is 0 Å². The van der Waals surface area contributed by atoms with Crippen molar-refractivity contribution in [1.29, 1.82) is 5.26 Å². The number of nitriles is 1. The molecule has 9 heavy (non-hydrogen) atoms. The zero-order chi connectivity index (χ0) is 7.11. The highest BCUT2D eigenvalue weighted by Gasteiger charge is 1.98. The molecule has 1 N–H and O–H groups in total. The molecule has 0 aliphatic carbocycles. The molecule has 0 saturated heterocycles. The molecular formula is C4H6N4O. The molecule has 0 radical (unpaired) electrons. The Morgan fingerprint density at radius 1 is 1.89 bits per heavy atom. The molecule has 0 unspecified atom stereocenters. The largest absolute Gasteiger partial charge is 0.392 e. The van der Waals surface area contributed by atoms with E-state index in [2.05, 4.69) is 10.0 Å². The average molecular weight is 126 g/mol. The van der Waals surface area contributed by atoms with Crippen LogP contribution in [0.5, 0.6) is 0 Å². The predicted molar refractivity (Wildman–Crippen MR) is 30.2 cm³/mol. The first kappa shape index (κ1) is 7.76. The zero-order valence-electron chi connectivity index (χ0n) is 4.73. The van der Waals surface area contributed by atoms with Crippen molar-refractivity contribution in [3.8, 4) is 6.07 Å². The summed E-state index contributed by atoms with van der Waals surface area (Å²) in [6, 6.07) is 1.74. The third-order valence-corrected chi connectivity index (χ3v) is 0.683. The van der Waals surface area contributed by atoms with Gasteiger partial charge in [0.25, 0.3) is 0 Å². The molecule has 0 aliphatic rings. The lowest BCUT2D eigenvalue weighted by Gasteiger charge is -1.96. The second-order valence-electron chi connectivity index (χ2n) is 1.43. The quantitative estimate of drug-likeness (QED) is 0.340. The number of azide groups is 1. The van der Waals surface area contributed by atoms with Crippen molar-refractivity contribution in [3.63, 3.8) is 0 Å². The topological polar surface area (TPSA) is 92.8 Å². The van der Waals surface area contributed by atoms with Crippen LogP contribution in [0.15, 0.2) is 5.11 Å². The summed E-state index contributed by atoms with van der Waals surface area (Å²) in [5.41, 5.74) is 7.75. The maximum Gasteiger partial charge on any atom is 0.0726 e. The smallest absolute Gasteiger partial charge is 0.0726 e. The minimum Gasteiger partial charge on any atom is -0.392 e. The van der Waals surface area contributed by atoms with Crippen molar-refractivity contribution < 1.29 is 5.11 Å². The van der Waals surface area contributed by atoms with E-state index in [0.717, 1.165) is 0 Å². The monoisotopic (exact) mass is 126 g/mol. The second-order valence-corrected chi connectivity index (χ2v) is 1.43. The fourth-order valence-corrected chi connectivity index (χ4v) is 0.301. The molecule has 0 aromatic heterocycles. The molecule has 0 bridgehead atoms. The Balaban J connectivity index is 3.40. The Bertz CT molecular complexity index is 154. The summed E-state index contributed by atoms with van der Waals surface area (Å²) in [6.45, 7) is -0.0237. The fraction of sp³-hybridized carbons (Fsp3) is 0.750. The number of hydrogen-bond donors (Lipinski definition) is 1. The van der Waals surface area contributed by atoms with Crippen molar-refractivity contribution in [2.75, 3.05) is 6.54 Å². The van der Waals surface area contributed by atoms with Crippen molar-refractivity contribution in [2.24, 2.45) is 5.11 Å². The van der Waals surface area contributed by atoms with Gasteiger partial charge in [-0.25, -0.2) is 0 Å². The van der Waals surface area contributed by atoms with Crippen LogP contribution in [-0.4, -0.2) is 17.8 Å². The number of hydrogen-bond acceptors (Lipinski definition) is 3. The van der Waals surface area contributed by atoms with E-state index in [0.29, 0.717) is 0 Å². The normalized spacial score (nSPS) is 11.1. The van der Waals surface area contributed by atoms with Gasteiger partial charge in [-0.2, -0.15) is 5.26 Å². The maximum absolute atomic E-state index is 8.69. The minimum absolute atomic E-state index is 0.0129. The van der Waals surface area contributed by atoms with Crippen LogP contribution in [0.1, 0.15) is 6.42 Å². The molecule has 5 nitrogen and oxygen atoms in total. The van der Waals surface area contributed by atoms with E-state index < -0.39 is 6.10 Å². The molecular weight excluding hydrogens is 120 g/mol. The Labute approximate surface area is 52.2 Å². The van der Waals surface area contributed by atoms with E-state index in [4.69, 9.17) is 15.9 Å². The van der Waals surface area contributed by atoms with Gasteiger partial charge in [0, 0.05) is 4.91 Å². The van der Waals surface area contributed by atoms with Crippen LogP contribution in [0.2, 0.25) is 0 Å². The Morgan fingerprint density at radius 2 is 2.56 bits per heavy atom. The highest BCUT2D eigenvalue weighted by Crippen LogP contribution is 1.89. The average Bonchev–Trinajstić information content (AvgIpc) is 1.85. The zero-order valence-corrected chi connectivity index (χ0v) is 4.73. The van der Waals surface area contributed by atoms with Crippen LogP contribution in [0.3, 0.4) is 0 Å². The maximum atomic E-state index is 8.69. The van der Waals surface area contributed by atoms with Crippen LogP contribution in [0.25, 0.3) is 10.4 Å². The lowest BCUT2D eigenvalue weighted by atomic mass is 10.3. The van der Waals surface area contributed by atoms with Crippen molar-refractivity contribution in [3.05, 3.63) is 10.4 Å². The molecule has 0 aromatic carbocycles. The first-order valence-corrected chi connectivity index (χ1v) is 2.37. The molecule has 1 atom stereocenters. The highest BCUT2D eigenvalue weighted by molar-refractivity contribution is 4.76. The number of aliphatic hydroxyl groups excluding tert-OH is 1. The third kappa shape index (κ3) is 4.62. The molecule has 0 rings (SSSR count). The van der Waals surface area contributed by atoms with E-state index in [1.165, 1.54) is 0 Å². The van der Waals surface area contributed by atoms with Crippen LogP contribution < -0.4 is 0 Å². The lowest BCUT2D eigenvalue weighted by Crippen LogP contribution is -2.08. The predicted octanol–water partition coefficient (Wildman–Crippen LogP) is 0.571. The summed E-state index contributed by atoms with van der Waals surface area (Å²) in [6.07, 6.45) is -0.801. The minimum atomic E-state index is -0.814. The first-order chi connectivity index (χ1) is 4.31. The second kappa shape index (κ2) is 4.91. The standard InChI is InChI=1S/C4H6N4O/c5-2-1-4(9)3-7-8-6/h4,9H,1,3H2/t4-/m0/s1. The first-order valence-electron chi connectivity index (χ1n) is 2.37. The van der Waals surface area contributed by atoms with Gasteiger partial charge in [-0.3, -0.25) is 0 Å². The van der Waals surface area contributed by atoms with Crippen molar-refractivity contribution >= 4 is 0 Å². The Morgan fingerprint density at radius 3 is 3.00 bits per heavy atom. The van der Waals surface area contributed by atoms with Crippen molar-refractivity contribution in [1.82, 2.24) is 0 Å². The van der Waals surface area contributed by atoms with E-state index in [1.54, 1.807) is 6.07 Å². The molecule has 0 saturated carbocycles. The molecule has 0 aromatic rings. The number of aliphatic hydroxyl groups is 1. The van der Waals surface area contributed by atoms with Gasteiger partial charge in [-0.05, 0) is 5.53 Å².